The molecule has 4 bridgehead atoms. The summed E-state index contributed by atoms with van der Waals surface area (Å²) in [5, 5.41) is 3.20. The minimum Gasteiger partial charge on any atom is -0.356 e. The zero-order valence-electron chi connectivity index (χ0n) is 14.6. The van der Waals surface area contributed by atoms with Crippen molar-refractivity contribution in [3.8, 4) is 0 Å². The molecule has 0 aromatic carbocycles. The van der Waals surface area contributed by atoms with Crippen molar-refractivity contribution < 1.29 is 4.79 Å². The highest BCUT2D eigenvalue weighted by molar-refractivity contribution is 5.76. The molecule has 0 aromatic heterocycles. The Morgan fingerprint density at radius 2 is 1.59 bits per heavy atom. The van der Waals surface area contributed by atoms with Crippen molar-refractivity contribution in [3.63, 3.8) is 0 Å². The number of nitrogens with one attached hydrogen (secondary N) is 1. The number of carbonyl (C=O) groups excluding carboxylic acids is 1. The molecule has 22 heavy (non-hydrogen) atoms. The van der Waals surface area contributed by atoms with Crippen LogP contribution >= 0.6 is 0 Å². The van der Waals surface area contributed by atoms with E-state index in [1.165, 1.54) is 38.5 Å². The molecule has 0 radical (unpaired) electrons. The average Bonchev–Trinajstić information content (AvgIpc) is 2.45. The van der Waals surface area contributed by atoms with Crippen LogP contribution in [0.25, 0.3) is 0 Å². The van der Waals surface area contributed by atoms with Crippen LogP contribution in [0.1, 0.15) is 65.2 Å². The lowest BCUT2D eigenvalue weighted by Crippen LogP contribution is -2.48. The van der Waals surface area contributed by atoms with Crippen LogP contribution in [0.2, 0.25) is 0 Å². The maximum absolute atomic E-state index is 12.4. The number of amides is 1. The van der Waals surface area contributed by atoms with Gasteiger partial charge in [0.25, 0.3) is 0 Å². The molecule has 1 N–H and O–H groups in total. The van der Waals surface area contributed by atoms with Gasteiger partial charge >= 0.3 is 0 Å². The van der Waals surface area contributed by atoms with Gasteiger partial charge in [0.2, 0.25) is 5.91 Å². The largest absolute Gasteiger partial charge is 0.356 e. The van der Waals surface area contributed by atoms with Gasteiger partial charge in [0.05, 0.1) is 0 Å². The van der Waals surface area contributed by atoms with Crippen molar-refractivity contribution in [3.05, 3.63) is 0 Å². The minimum absolute atomic E-state index is 0.321. The predicted octanol–water partition coefficient (Wildman–Crippen LogP) is 3.44. The highest BCUT2D eigenvalue weighted by Crippen LogP contribution is 2.61. The third kappa shape index (κ3) is 3.67. The summed E-state index contributed by atoms with van der Waals surface area (Å²) in [5.41, 5.74) is 0.387. The molecule has 0 unspecified atom stereocenters. The van der Waals surface area contributed by atoms with Crippen molar-refractivity contribution in [1.29, 1.82) is 0 Å². The van der Waals surface area contributed by atoms with Crippen molar-refractivity contribution in [2.24, 2.45) is 23.2 Å². The van der Waals surface area contributed by atoms with Crippen LogP contribution in [0.5, 0.6) is 0 Å². The second kappa shape index (κ2) is 6.90. The Labute approximate surface area is 136 Å². The van der Waals surface area contributed by atoms with E-state index in [0.29, 0.717) is 11.3 Å². The quantitative estimate of drug-likeness (QED) is 0.697. The van der Waals surface area contributed by atoms with Gasteiger partial charge in [-0.25, -0.2) is 0 Å². The van der Waals surface area contributed by atoms with Crippen LogP contribution in [0.15, 0.2) is 0 Å². The summed E-state index contributed by atoms with van der Waals surface area (Å²) in [6.45, 7) is 8.58. The third-order valence-corrected chi connectivity index (χ3v) is 6.57. The number of carbonyl (C=O) groups is 1. The van der Waals surface area contributed by atoms with E-state index in [2.05, 4.69) is 24.1 Å². The maximum atomic E-state index is 12.4. The molecule has 0 atom stereocenters. The van der Waals surface area contributed by atoms with E-state index < -0.39 is 0 Å². The molecule has 3 heteroatoms. The maximum Gasteiger partial charge on any atom is 0.220 e. The van der Waals surface area contributed by atoms with E-state index in [9.17, 15) is 4.79 Å². The van der Waals surface area contributed by atoms with Crippen LogP contribution in [0.3, 0.4) is 0 Å². The first kappa shape index (κ1) is 16.3. The zero-order valence-corrected chi connectivity index (χ0v) is 14.6. The zero-order chi connectivity index (χ0) is 15.6. The molecule has 4 saturated carbocycles. The molecule has 126 valence electrons. The first-order valence-electron chi connectivity index (χ1n) is 9.61. The van der Waals surface area contributed by atoms with E-state index in [-0.39, 0.29) is 0 Å². The summed E-state index contributed by atoms with van der Waals surface area (Å²) >= 11 is 0. The fraction of sp³-hybridized carbons (Fsp3) is 0.947. The Hall–Kier alpha value is -0.570. The van der Waals surface area contributed by atoms with Crippen molar-refractivity contribution in [2.45, 2.75) is 65.2 Å². The van der Waals surface area contributed by atoms with Gasteiger partial charge in [0, 0.05) is 13.0 Å². The molecular weight excluding hydrogens is 272 g/mol. The molecule has 1 amide bonds. The third-order valence-electron chi connectivity index (χ3n) is 6.57. The highest BCUT2D eigenvalue weighted by Gasteiger charge is 2.51. The second-order valence-electron chi connectivity index (χ2n) is 8.32. The molecule has 0 aromatic rings. The van der Waals surface area contributed by atoms with Gasteiger partial charge in [0.1, 0.15) is 0 Å². The van der Waals surface area contributed by atoms with E-state index >= 15 is 0 Å². The fourth-order valence-electron chi connectivity index (χ4n) is 5.98. The van der Waals surface area contributed by atoms with E-state index in [1.54, 1.807) is 0 Å². The molecule has 4 rings (SSSR count). The van der Waals surface area contributed by atoms with Gasteiger partial charge in [-0.15, -0.1) is 0 Å². The standard InChI is InChI=1S/C19H34N2O/c1-3-21(4-2)7-5-6-20-18(22)14-19-11-15-8-16(12-19)10-17(9-15)13-19/h15-17H,3-14H2,1-2H3,(H,20,22). The summed E-state index contributed by atoms with van der Waals surface area (Å²) in [6.07, 6.45) is 10.3. The molecule has 0 aliphatic heterocycles. The van der Waals surface area contributed by atoms with Crippen LogP contribution < -0.4 is 5.32 Å². The second-order valence-corrected chi connectivity index (χ2v) is 8.32. The lowest BCUT2D eigenvalue weighted by atomic mass is 9.49. The SMILES string of the molecule is CCN(CC)CCCNC(=O)CC12CC3CC(CC(C3)C1)C2. The molecule has 3 nitrogen and oxygen atoms in total. The lowest BCUT2D eigenvalue weighted by molar-refractivity contribution is -0.129. The van der Waals surface area contributed by atoms with Gasteiger partial charge in [-0.1, -0.05) is 13.8 Å². The molecular formula is C19H34N2O. The highest BCUT2D eigenvalue weighted by atomic mass is 16.1. The van der Waals surface area contributed by atoms with Gasteiger partial charge in [-0.2, -0.15) is 0 Å². The van der Waals surface area contributed by atoms with Gasteiger partial charge in [0.15, 0.2) is 0 Å². The Morgan fingerprint density at radius 3 is 2.09 bits per heavy atom. The molecule has 4 aliphatic rings. The lowest BCUT2D eigenvalue weighted by Gasteiger charge is -2.56. The van der Waals surface area contributed by atoms with Gasteiger partial charge in [-0.3, -0.25) is 4.79 Å². The molecule has 0 heterocycles. The van der Waals surface area contributed by atoms with Gasteiger partial charge in [-0.05, 0) is 87.7 Å². The summed E-state index contributed by atoms with van der Waals surface area (Å²) in [6, 6.07) is 0. The number of rotatable bonds is 8. The van der Waals surface area contributed by atoms with Crippen LogP contribution in [0.4, 0.5) is 0 Å². The normalized spacial score (nSPS) is 36.0. The minimum atomic E-state index is 0.321. The van der Waals surface area contributed by atoms with Crippen molar-refractivity contribution >= 4 is 5.91 Å². The number of hydrogen-bond donors (Lipinski definition) is 1. The summed E-state index contributed by atoms with van der Waals surface area (Å²) < 4.78 is 0. The van der Waals surface area contributed by atoms with Crippen LogP contribution in [-0.4, -0.2) is 37.0 Å². The first-order chi connectivity index (χ1) is 10.6. The van der Waals surface area contributed by atoms with E-state index in [1.807, 2.05) is 0 Å². The molecule has 0 saturated heterocycles. The van der Waals surface area contributed by atoms with Gasteiger partial charge < -0.3 is 10.2 Å². The monoisotopic (exact) mass is 306 g/mol. The van der Waals surface area contributed by atoms with Crippen molar-refractivity contribution in [2.75, 3.05) is 26.2 Å². The molecule has 0 spiro atoms. The molecule has 4 fully saturated rings. The Bertz CT molecular complexity index is 354. The Kier molecular flexibility index (Phi) is 5.11. The summed E-state index contributed by atoms with van der Waals surface area (Å²) in [4.78, 5) is 14.8. The molecule has 4 aliphatic carbocycles. The smallest absolute Gasteiger partial charge is 0.220 e. The average molecular weight is 306 g/mol. The van der Waals surface area contributed by atoms with Crippen LogP contribution in [-0.2, 0) is 4.79 Å². The summed E-state index contributed by atoms with van der Waals surface area (Å²) in [7, 11) is 0. The van der Waals surface area contributed by atoms with Crippen molar-refractivity contribution in [1.82, 2.24) is 10.2 Å². The predicted molar refractivity (Wildman–Crippen MR) is 90.6 cm³/mol. The van der Waals surface area contributed by atoms with E-state index in [0.717, 1.165) is 56.8 Å². The Balaban J connectivity index is 1.40. The van der Waals surface area contributed by atoms with E-state index in [4.69, 9.17) is 0 Å². The van der Waals surface area contributed by atoms with Crippen LogP contribution in [0, 0.1) is 23.2 Å². The topological polar surface area (TPSA) is 32.3 Å². The Morgan fingerprint density at radius 1 is 1.05 bits per heavy atom. The number of hydrogen-bond acceptors (Lipinski definition) is 2. The first-order valence-corrected chi connectivity index (χ1v) is 9.61. The number of nitrogens with zero attached hydrogens (tertiary/aromatic N) is 1. The fourth-order valence-corrected chi connectivity index (χ4v) is 5.98. The summed E-state index contributed by atoms with van der Waals surface area (Å²) in [5.74, 6) is 3.16.